The van der Waals surface area contributed by atoms with Gasteiger partial charge in [-0.15, -0.1) is 11.6 Å². The Morgan fingerprint density at radius 1 is 1.27 bits per heavy atom. The number of ketones is 1. The van der Waals surface area contributed by atoms with E-state index in [-0.39, 0.29) is 5.56 Å². The van der Waals surface area contributed by atoms with Crippen molar-refractivity contribution >= 4 is 34.2 Å². The molecule has 3 nitrogen and oxygen atoms in total. The SMILES string of the molecule is O=C(Cl)C(O)(C(=O)CCl)c1ccccc1. The van der Waals surface area contributed by atoms with E-state index in [0.29, 0.717) is 0 Å². The molecule has 0 saturated heterocycles. The van der Waals surface area contributed by atoms with Crippen LogP contribution in [-0.2, 0) is 15.2 Å². The van der Waals surface area contributed by atoms with E-state index in [1.807, 2.05) is 0 Å². The van der Waals surface area contributed by atoms with Crippen LogP contribution in [0.5, 0.6) is 0 Å². The van der Waals surface area contributed by atoms with Crippen LogP contribution in [0.25, 0.3) is 0 Å². The van der Waals surface area contributed by atoms with E-state index in [1.165, 1.54) is 12.1 Å². The summed E-state index contributed by atoms with van der Waals surface area (Å²) in [6, 6.07) is 7.73. The van der Waals surface area contributed by atoms with Crippen molar-refractivity contribution in [1.82, 2.24) is 0 Å². The molecule has 1 N–H and O–H groups in total. The minimum atomic E-state index is -2.34. The van der Waals surface area contributed by atoms with E-state index >= 15 is 0 Å². The first-order valence-electron chi connectivity index (χ1n) is 4.10. The first-order chi connectivity index (χ1) is 7.03. The standard InChI is InChI=1S/C10H8Cl2O3/c11-6-8(13)10(15,9(12)14)7-4-2-1-3-5-7/h1-5,15H,6H2. The average Bonchev–Trinajstić information content (AvgIpc) is 2.27. The number of carbonyl (C=O) groups is 2. The molecule has 0 bridgehead atoms. The molecule has 1 unspecified atom stereocenters. The monoisotopic (exact) mass is 246 g/mol. The number of hydrogen-bond acceptors (Lipinski definition) is 3. The molecule has 80 valence electrons. The van der Waals surface area contributed by atoms with Crippen LogP contribution >= 0.6 is 23.2 Å². The molecular formula is C10H8Cl2O3. The van der Waals surface area contributed by atoms with E-state index in [0.717, 1.165) is 0 Å². The van der Waals surface area contributed by atoms with E-state index in [4.69, 9.17) is 23.2 Å². The summed E-state index contributed by atoms with van der Waals surface area (Å²) < 4.78 is 0. The van der Waals surface area contributed by atoms with E-state index in [1.54, 1.807) is 18.2 Å². The summed E-state index contributed by atoms with van der Waals surface area (Å²) in [5.41, 5.74) is -2.22. The van der Waals surface area contributed by atoms with Crippen LogP contribution in [0.15, 0.2) is 30.3 Å². The van der Waals surface area contributed by atoms with Gasteiger partial charge in [-0.2, -0.15) is 0 Å². The van der Waals surface area contributed by atoms with Gasteiger partial charge in [-0.25, -0.2) is 0 Å². The molecule has 0 radical (unpaired) electrons. The summed E-state index contributed by atoms with van der Waals surface area (Å²) in [4.78, 5) is 22.5. The van der Waals surface area contributed by atoms with Gasteiger partial charge in [0, 0.05) is 5.56 Å². The van der Waals surface area contributed by atoms with Crippen LogP contribution in [0.1, 0.15) is 5.56 Å². The minimum Gasteiger partial charge on any atom is -0.370 e. The fourth-order valence-electron chi connectivity index (χ4n) is 1.16. The maximum atomic E-state index is 11.4. The number of hydrogen-bond donors (Lipinski definition) is 1. The van der Waals surface area contributed by atoms with Gasteiger partial charge >= 0.3 is 0 Å². The maximum absolute atomic E-state index is 11.4. The summed E-state index contributed by atoms with van der Waals surface area (Å²) in [6.07, 6.45) is 0. The second-order valence-electron chi connectivity index (χ2n) is 2.91. The van der Waals surface area contributed by atoms with Crippen LogP contribution in [0, 0.1) is 0 Å². The lowest BCUT2D eigenvalue weighted by Crippen LogP contribution is -2.42. The second kappa shape index (κ2) is 4.75. The fraction of sp³-hybridized carbons (Fsp3) is 0.200. The Labute approximate surface area is 96.6 Å². The molecule has 0 fully saturated rings. The van der Waals surface area contributed by atoms with Crippen molar-refractivity contribution in [2.75, 3.05) is 5.88 Å². The molecular weight excluding hydrogens is 239 g/mol. The third-order valence-electron chi connectivity index (χ3n) is 2.00. The Kier molecular flexibility index (Phi) is 3.85. The van der Waals surface area contributed by atoms with Gasteiger partial charge in [0.25, 0.3) is 5.24 Å². The van der Waals surface area contributed by atoms with Crippen molar-refractivity contribution in [2.45, 2.75) is 5.60 Å². The number of alkyl halides is 1. The van der Waals surface area contributed by atoms with Crippen molar-refractivity contribution < 1.29 is 14.7 Å². The Morgan fingerprint density at radius 2 is 1.80 bits per heavy atom. The molecule has 1 aromatic rings. The van der Waals surface area contributed by atoms with Gasteiger partial charge in [0.15, 0.2) is 5.78 Å². The number of Topliss-reactive ketones (excluding diaryl/α,β-unsaturated/α-hetero) is 1. The lowest BCUT2D eigenvalue weighted by Gasteiger charge is -2.21. The summed E-state index contributed by atoms with van der Waals surface area (Å²) in [6.45, 7) is 0. The van der Waals surface area contributed by atoms with Gasteiger partial charge in [-0.3, -0.25) is 9.59 Å². The highest BCUT2D eigenvalue weighted by atomic mass is 35.5. The Morgan fingerprint density at radius 3 is 2.20 bits per heavy atom. The van der Waals surface area contributed by atoms with Gasteiger partial charge in [-0.1, -0.05) is 30.3 Å². The Hall–Kier alpha value is -0.900. The largest absolute Gasteiger partial charge is 0.370 e. The van der Waals surface area contributed by atoms with Gasteiger partial charge in [0.05, 0.1) is 5.88 Å². The van der Waals surface area contributed by atoms with Crippen LogP contribution in [0.2, 0.25) is 0 Å². The number of halogens is 2. The van der Waals surface area contributed by atoms with Crippen LogP contribution in [0.3, 0.4) is 0 Å². The molecule has 0 spiro atoms. The normalized spacial score (nSPS) is 14.3. The highest BCUT2D eigenvalue weighted by molar-refractivity contribution is 6.67. The summed E-state index contributed by atoms with van der Waals surface area (Å²) in [5, 5.41) is 8.76. The van der Waals surface area contributed by atoms with Crippen molar-refractivity contribution in [2.24, 2.45) is 0 Å². The number of rotatable bonds is 4. The summed E-state index contributed by atoms with van der Waals surface area (Å²) in [5.74, 6) is -1.32. The van der Waals surface area contributed by atoms with Gasteiger partial charge < -0.3 is 5.11 Å². The van der Waals surface area contributed by atoms with Crippen molar-refractivity contribution in [3.8, 4) is 0 Å². The van der Waals surface area contributed by atoms with Gasteiger partial charge in [0.1, 0.15) is 0 Å². The average molecular weight is 247 g/mol. The molecule has 1 atom stereocenters. The fourth-order valence-corrected chi connectivity index (χ4v) is 1.57. The number of benzene rings is 1. The predicted octanol–water partition coefficient (Wildman–Crippen LogP) is 1.45. The maximum Gasteiger partial charge on any atom is 0.265 e. The topological polar surface area (TPSA) is 54.4 Å². The molecule has 0 amide bonds. The lowest BCUT2D eigenvalue weighted by molar-refractivity contribution is -0.145. The Bertz CT molecular complexity index is 378. The summed E-state index contributed by atoms with van der Waals surface area (Å²) >= 11 is 10.5. The molecule has 1 rings (SSSR count). The van der Waals surface area contributed by atoms with E-state index in [2.05, 4.69) is 0 Å². The second-order valence-corrected chi connectivity index (χ2v) is 3.52. The quantitative estimate of drug-likeness (QED) is 0.497. The van der Waals surface area contributed by atoms with Crippen molar-refractivity contribution in [3.63, 3.8) is 0 Å². The van der Waals surface area contributed by atoms with Crippen LogP contribution < -0.4 is 0 Å². The van der Waals surface area contributed by atoms with E-state index < -0.39 is 22.5 Å². The molecule has 15 heavy (non-hydrogen) atoms. The lowest BCUT2D eigenvalue weighted by atomic mass is 9.91. The van der Waals surface area contributed by atoms with Crippen molar-refractivity contribution in [1.29, 1.82) is 0 Å². The van der Waals surface area contributed by atoms with E-state index in [9.17, 15) is 14.7 Å². The molecule has 0 saturated carbocycles. The smallest absolute Gasteiger partial charge is 0.265 e. The van der Waals surface area contributed by atoms with Gasteiger partial charge in [0.2, 0.25) is 5.60 Å². The third kappa shape index (κ3) is 2.20. The predicted molar refractivity (Wildman–Crippen MR) is 56.9 cm³/mol. The summed E-state index contributed by atoms with van der Waals surface area (Å²) in [7, 11) is 0. The first-order valence-corrected chi connectivity index (χ1v) is 5.01. The molecule has 0 aliphatic rings. The van der Waals surface area contributed by atoms with Crippen LogP contribution in [-0.4, -0.2) is 22.0 Å². The molecule has 0 heterocycles. The highest BCUT2D eigenvalue weighted by Crippen LogP contribution is 2.25. The number of aliphatic hydroxyl groups is 1. The van der Waals surface area contributed by atoms with Crippen LogP contribution in [0.4, 0.5) is 0 Å². The molecule has 0 aromatic heterocycles. The zero-order valence-corrected chi connectivity index (χ0v) is 9.13. The minimum absolute atomic E-state index is 0.121. The molecule has 0 aliphatic carbocycles. The third-order valence-corrected chi connectivity index (χ3v) is 2.52. The zero-order chi connectivity index (χ0) is 11.5. The number of carbonyl (C=O) groups excluding carboxylic acids is 2. The highest BCUT2D eigenvalue weighted by Gasteiger charge is 2.43. The first kappa shape index (κ1) is 12.2. The molecule has 1 aromatic carbocycles. The molecule has 5 heteroatoms. The zero-order valence-electron chi connectivity index (χ0n) is 7.61. The Balaban J connectivity index is 3.25. The van der Waals surface area contributed by atoms with Crippen molar-refractivity contribution in [3.05, 3.63) is 35.9 Å². The van der Waals surface area contributed by atoms with Gasteiger partial charge in [-0.05, 0) is 11.6 Å². The molecule has 0 aliphatic heterocycles.